The lowest BCUT2D eigenvalue weighted by atomic mass is 9.71. The van der Waals surface area contributed by atoms with Crippen molar-refractivity contribution in [3.8, 4) is 34.2 Å². The van der Waals surface area contributed by atoms with Crippen molar-refractivity contribution < 1.29 is 71.6 Å². The monoisotopic (exact) mass is 1980 g/mol. The molecule has 23 nitrogen and oxygen atoms in total. The maximum atomic E-state index is 13.5. The number of ketones is 1. The molecule has 28 heteroatoms. The van der Waals surface area contributed by atoms with Crippen LogP contribution in [-0.4, -0.2) is 165 Å². The Balaban J connectivity index is 0.000000147. The van der Waals surface area contributed by atoms with Gasteiger partial charge in [0, 0.05) is 145 Å². The van der Waals surface area contributed by atoms with Gasteiger partial charge in [-0.1, -0.05) is 188 Å². The van der Waals surface area contributed by atoms with E-state index in [4.69, 9.17) is 9.97 Å². The maximum Gasteiger partial charge on any atom is 0.425 e. The summed E-state index contributed by atoms with van der Waals surface area (Å²) in [7, 11) is 0. The predicted molar refractivity (Wildman–Crippen MR) is 547 cm³/mol. The average molecular weight is 1980 g/mol. The number of halogens is 3. The number of carbonyl (C=O) groups is 9. The summed E-state index contributed by atoms with van der Waals surface area (Å²) in [5.41, 5.74) is 12.8. The number of alkyl halides is 3. The number of hydrogen-bond donors (Lipinski definition) is 5. The van der Waals surface area contributed by atoms with Crippen molar-refractivity contribution in [2.75, 3.05) is 39.3 Å². The highest BCUT2D eigenvalue weighted by Crippen LogP contribution is 2.48. The SMILES string of the molecule is CCC1CCC(C2CC=C(c3cnc(-c4ccc(C[C@H](CC(=O)c5ccc(C6CC6)s5)C(=O)N5CC(C(=O)O)C5)cc4)nc3)CC2)CC1.CCC1CCC(C2CC=C(c3cnc(-c4ccc(C[C@H](NC(=O)c5ccc(C(F)(F)F)s5)C(=O)N5CC(C(=O)O)C5)cc4)nc3)CC2)CC1.CCC1CCC(C2CC=C(c3cnc(-c4ccc(C[C@H](NC(=O)c5ccccc5)C(=O)N5CC(C(=O)O)C5)cc4)nc3)CC2)CC1. The van der Waals surface area contributed by atoms with E-state index in [9.17, 15) is 71.6 Å². The van der Waals surface area contributed by atoms with Gasteiger partial charge in [-0.15, -0.1) is 22.7 Å². The van der Waals surface area contributed by atoms with Crippen LogP contribution in [0.2, 0.25) is 0 Å². The van der Waals surface area contributed by atoms with E-state index in [2.05, 4.69) is 69.6 Å². The minimum atomic E-state index is -4.59. The van der Waals surface area contributed by atoms with Crippen LogP contribution in [0.25, 0.3) is 50.9 Å². The fourth-order valence-electron chi connectivity index (χ4n) is 22.8. The normalized spacial score (nSPS) is 22.7. The second kappa shape index (κ2) is 47.2. The number of Topliss-reactive ketones (excluding diaryl/α,β-unsaturated/α-hetero) is 1. The van der Waals surface area contributed by atoms with Crippen LogP contribution in [0, 0.1) is 76.9 Å². The second-order valence-electron chi connectivity index (χ2n) is 41.7. The van der Waals surface area contributed by atoms with E-state index in [0.717, 1.165) is 142 Å². The first-order valence-electron chi connectivity index (χ1n) is 52.0. The Labute approximate surface area is 843 Å². The van der Waals surface area contributed by atoms with Gasteiger partial charge < -0.3 is 40.7 Å². The third-order valence-electron chi connectivity index (χ3n) is 32.5. The summed E-state index contributed by atoms with van der Waals surface area (Å²) in [5.74, 6) is 3.03. The van der Waals surface area contributed by atoms with Gasteiger partial charge in [-0.2, -0.15) is 13.2 Å². The molecule has 4 saturated carbocycles. The molecule has 10 aliphatic rings. The van der Waals surface area contributed by atoms with Gasteiger partial charge in [-0.05, 0) is 245 Å². The van der Waals surface area contributed by atoms with Crippen LogP contribution in [0.5, 0.6) is 0 Å². The molecule has 7 fully saturated rings. The minimum absolute atomic E-state index is 0.00145. The van der Waals surface area contributed by atoms with Gasteiger partial charge >= 0.3 is 24.1 Å². The molecule has 5 aromatic heterocycles. The number of nitrogens with one attached hydrogen (secondary N) is 2. The number of rotatable bonds is 32. The molecule has 752 valence electrons. The van der Waals surface area contributed by atoms with Crippen LogP contribution in [0.3, 0.4) is 0 Å². The molecule has 3 aliphatic heterocycles. The summed E-state index contributed by atoms with van der Waals surface area (Å²) in [5, 5.41) is 33.3. The second-order valence-corrected chi connectivity index (χ2v) is 43.9. The number of thiophene rings is 2. The van der Waals surface area contributed by atoms with E-state index in [-0.39, 0.29) is 86.9 Å². The van der Waals surface area contributed by atoms with E-state index < -0.39 is 76.5 Å². The van der Waals surface area contributed by atoms with Crippen LogP contribution in [0.4, 0.5) is 13.2 Å². The first-order chi connectivity index (χ1) is 69.2. The summed E-state index contributed by atoms with van der Waals surface area (Å²) >= 11 is 1.85. The fraction of sp³-hybridized carbons (Fsp3) is 0.487. The van der Waals surface area contributed by atoms with E-state index in [1.807, 2.05) is 116 Å². The lowest BCUT2D eigenvalue weighted by molar-refractivity contribution is -0.155. The highest BCUT2D eigenvalue weighted by Gasteiger charge is 2.44. The minimum Gasteiger partial charge on any atom is -0.481 e. The molecule has 5 N–H and O–H groups in total. The van der Waals surface area contributed by atoms with Crippen molar-refractivity contribution in [2.24, 2.45) is 76.9 Å². The Morgan fingerprint density at radius 1 is 0.378 bits per heavy atom. The Bertz CT molecular complexity index is 6030. The van der Waals surface area contributed by atoms with Gasteiger partial charge in [0.15, 0.2) is 23.3 Å². The number of carboxylic acid groups (broad SMARTS) is 3. The van der Waals surface area contributed by atoms with Gasteiger partial charge in [0.2, 0.25) is 17.7 Å². The Morgan fingerprint density at radius 3 is 1.06 bits per heavy atom. The number of aliphatic carboxylic acids is 3. The van der Waals surface area contributed by atoms with Gasteiger partial charge in [0.25, 0.3) is 11.8 Å². The molecule has 3 saturated heterocycles. The summed E-state index contributed by atoms with van der Waals surface area (Å²) in [6, 6.07) is 35.6. The molecule has 0 bridgehead atoms. The molecule has 5 amide bonds. The largest absolute Gasteiger partial charge is 0.481 e. The van der Waals surface area contributed by atoms with Gasteiger partial charge in [-0.3, -0.25) is 43.2 Å². The number of allylic oxidation sites excluding steroid dienone is 6. The lowest BCUT2D eigenvalue weighted by Gasteiger charge is -2.39. The van der Waals surface area contributed by atoms with Crippen LogP contribution in [-0.2, 0) is 54.2 Å². The standard InChI is InChI=1S/C40H47N3O4S.C38H44N4O4.C37H41F3N4O4S/c1-2-25-3-7-27(8-4-25)28-11-13-29(14-12-28)33-21-41-38(42-22-33)31-9-5-26(6-10-31)19-32(39(45)43-23-34(24-43)40(46)47)20-35(44)37-18-17-36(48-37)30-15-16-30;1-2-25-8-12-27(13-9-25)28-16-18-29(19-17-28)32-21-39-35(40-22-32)30-14-10-26(11-15-30)20-34(37(44)42-23-33(24-42)38(45)46)41-36(43)31-6-4-3-5-7-31;1-2-22-3-7-24(8-4-22)25-11-13-26(14-12-25)28-18-41-33(42-19-28)27-9-5-23(6-10-27)17-30(35(46)44-20-29(21-44)36(47)48)43-34(45)31-15-16-32(49-31)37(38,39)40/h5-6,9-10,13,17-18,21-22,25,27-28,30,32,34H,2-4,7-8,11-12,14-16,19-20,23-24H2,1H3,(H,46,47);3-7,10-11,14-15,18,21-22,25,27-28,33-34H,2,8-9,12-13,16-17,19-20,23-24H2,1H3,(H,41,43)(H,45,46);5-6,9-10,13,15-16,18-19,22,24-25,29-30H,2-4,7-8,11-12,14,17,20-21H2,1H3,(H,43,45)(H,47,48)/t25?,27?,28?,32-;25?,27?,28?,34-;22?,24?,25?,30-/m100/s1. The molecular weight excluding hydrogens is 1850 g/mol. The van der Waals surface area contributed by atoms with Crippen LogP contribution in [0.15, 0.2) is 183 Å². The number of carboxylic acids is 3. The zero-order valence-corrected chi connectivity index (χ0v) is 83.6. The van der Waals surface area contributed by atoms with Crippen LogP contribution in [0.1, 0.15) is 273 Å². The third-order valence-corrected chi connectivity index (χ3v) is 34.9. The molecule has 9 aromatic rings. The number of likely N-dealkylation sites (tertiary alicyclic amines) is 3. The number of aromatic nitrogens is 6. The van der Waals surface area contributed by atoms with Gasteiger partial charge in [0.05, 0.1) is 27.5 Å². The maximum absolute atomic E-state index is 13.5. The van der Waals surface area contributed by atoms with Crippen molar-refractivity contribution in [2.45, 2.75) is 238 Å². The fourth-order valence-corrected chi connectivity index (χ4v) is 24.7. The summed E-state index contributed by atoms with van der Waals surface area (Å²) in [4.78, 5) is 147. The quantitative estimate of drug-likeness (QED) is 0.0245. The smallest absolute Gasteiger partial charge is 0.425 e. The van der Waals surface area contributed by atoms with Crippen LogP contribution >= 0.6 is 22.7 Å². The summed E-state index contributed by atoms with van der Waals surface area (Å²) in [6.45, 7) is 7.67. The number of benzene rings is 4. The first kappa shape index (κ1) is 102. The number of hydrogen-bond acceptors (Lipinski definition) is 17. The first-order valence-corrected chi connectivity index (χ1v) is 53.7. The predicted octanol–water partition coefficient (Wildman–Crippen LogP) is 22.4. The molecule has 0 spiro atoms. The van der Waals surface area contributed by atoms with Crippen molar-refractivity contribution >= 4 is 92.6 Å². The highest BCUT2D eigenvalue weighted by atomic mass is 32.1. The average Bonchev–Trinajstić information content (AvgIpc) is 1.54. The van der Waals surface area contributed by atoms with Crippen molar-refractivity contribution in [3.05, 3.63) is 241 Å². The zero-order chi connectivity index (χ0) is 100.0. The Morgan fingerprint density at radius 2 is 0.727 bits per heavy atom. The summed E-state index contributed by atoms with van der Waals surface area (Å²) < 4.78 is 39.3. The Kier molecular flexibility index (Phi) is 33.8. The van der Waals surface area contributed by atoms with E-state index >= 15 is 0 Å². The topological polar surface area (TPSA) is 325 Å². The van der Waals surface area contributed by atoms with E-state index in [1.54, 1.807) is 52.6 Å². The highest BCUT2D eigenvalue weighted by molar-refractivity contribution is 7.14. The lowest BCUT2D eigenvalue weighted by Crippen LogP contribution is -2.59. The molecule has 6 atom stereocenters. The number of amides is 5. The van der Waals surface area contributed by atoms with Crippen molar-refractivity contribution in [3.63, 3.8) is 0 Å². The van der Waals surface area contributed by atoms with E-state index in [0.29, 0.717) is 57.2 Å². The van der Waals surface area contributed by atoms with Crippen LogP contribution < -0.4 is 10.6 Å². The molecule has 143 heavy (non-hydrogen) atoms. The van der Waals surface area contributed by atoms with E-state index in [1.165, 1.54) is 166 Å². The number of carbonyl (C=O) groups excluding carboxylic acids is 6. The molecule has 8 heterocycles. The number of nitrogens with zero attached hydrogens (tertiary/aromatic N) is 9. The molecular formula is C115H132F3N11O12S2. The van der Waals surface area contributed by atoms with Crippen molar-refractivity contribution in [1.29, 1.82) is 0 Å². The third kappa shape index (κ3) is 26.2. The van der Waals surface area contributed by atoms with Crippen molar-refractivity contribution in [1.82, 2.24) is 55.2 Å². The molecule has 3 unspecified atom stereocenters. The molecule has 0 radical (unpaired) electrons. The Hall–Kier alpha value is -12.0. The molecule has 19 rings (SSSR count). The van der Waals surface area contributed by atoms with Gasteiger partial charge in [0.1, 0.15) is 17.0 Å². The van der Waals surface area contributed by atoms with Gasteiger partial charge in [-0.25, -0.2) is 29.9 Å². The molecule has 7 aliphatic carbocycles. The molecule has 4 aromatic carbocycles. The summed E-state index contributed by atoms with van der Waals surface area (Å²) in [6.07, 6.45) is 48.4. The zero-order valence-electron chi connectivity index (χ0n) is 82.0.